The van der Waals surface area contributed by atoms with Crippen molar-refractivity contribution in [1.29, 1.82) is 0 Å². The Morgan fingerprint density at radius 1 is 1.32 bits per heavy atom. The van der Waals surface area contributed by atoms with Gasteiger partial charge in [-0.25, -0.2) is 4.79 Å². The third kappa shape index (κ3) is 2.31. The van der Waals surface area contributed by atoms with Crippen LogP contribution in [0.25, 0.3) is 11.0 Å². The van der Waals surface area contributed by atoms with Gasteiger partial charge in [0.25, 0.3) is 0 Å². The molecule has 2 aromatic rings. The number of hydrogen-bond acceptors (Lipinski definition) is 3. The summed E-state index contributed by atoms with van der Waals surface area (Å²) in [5.74, 6) is 5.12. The second-order valence-electron chi connectivity index (χ2n) is 5.30. The summed E-state index contributed by atoms with van der Waals surface area (Å²) >= 11 is 0. The fourth-order valence-corrected chi connectivity index (χ4v) is 2.85. The highest BCUT2D eigenvalue weighted by molar-refractivity contribution is 5.80. The van der Waals surface area contributed by atoms with Crippen molar-refractivity contribution in [3.05, 3.63) is 34.2 Å². The number of amides is 1. The molecule has 0 radical (unpaired) electrons. The molecule has 6 heteroatoms. The van der Waals surface area contributed by atoms with Crippen LogP contribution in [-0.4, -0.2) is 27.9 Å². The highest BCUT2D eigenvalue weighted by Gasteiger charge is 2.24. The molecule has 1 aliphatic heterocycles. The van der Waals surface area contributed by atoms with E-state index in [-0.39, 0.29) is 17.6 Å². The highest BCUT2D eigenvalue weighted by Crippen LogP contribution is 2.22. The van der Waals surface area contributed by atoms with Gasteiger partial charge in [-0.15, -0.1) is 0 Å². The first-order valence-corrected chi connectivity index (χ1v) is 7.04. The summed E-state index contributed by atoms with van der Waals surface area (Å²) in [6.07, 6.45) is 1.62. The maximum atomic E-state index is 12.5. The number of aldehydes is 1. The van der Waals surface area contributed by atoms with Crippen LogP contribution in [0.3, 0.4) is 0 Å². The Morgan fingerprint density at radius 2 is 2.14 bits per heavy atom. The van der Waals surface area contributed by atoms with Crippen molar-refractivity contribution in [2.75, 3.05) is 6.54 Å². The Bertz CT molecular complexity index is 870. The Hall–Kier alpha value is -2.81. The Kier molecular flexibility index (Phi) is 3.55. The number of rotatable bonds is 1. The molecular formula is C16H15N3O3. The third-order valence-electron chi connectivity index (χ3n) is 3.97. The summed E-state index contributed by atoms with van der Waals surface area (Å²) in [5, 5.41) is 2.80. The van der Waals surface area contributed by atoms with Crippen LogP contribution < -0.4 is 11.0 Å². The first-order valence-electron chi connectivity index (χ1n) is 7.04. The Balaban J connectivity index is 2.11. The van der Waals surface area contributed by atoms with Gasteiger partial charge < -0.3 is 5.32 Å². The number of aryl methyl sites for hydroxylation is 1. The average Bonchev–Trinajstić information content (AvgIpc) is 2.78. The summed E-state index contributed by atoms with van der Waals surface area (Å²) in [7, 11) is 1.71. The van der Waals surface area contributed by atoms with Crippen molar-refractivity contribution in [3.63, 3.8) is 0 Å². The zero-order valence-electron chi connectivity index (χ0n) is 12.1. The molecular weight excluding hydrogens is 282 g/mol. The molecule has 2 heterocycles. The van der Waals surface area contributed by atoms with Gasteiger partial charge in [0.1, 0.15) is 0 Å². The number of piperidine rings is 1. The van der Waals surface area contributed by atoms with E-state index in [4.69, 9.17) is 0 Å². The van der Waals surface area contributed by atoms with Crippen molar-refractivity contribution in [2.45, 2.75) is 18.9 Å². The van der Waals surface area contributed by atoms with Gasteiger partial charge in [-0.1, -0.05) is 5.92 Å². The first kappa shape index (κ1) is 14.1. The van der Waals surface area contributed by atoms with Gasteiger partial charge in [-0.3, -0.25) is 18.7 Å². The number of nitrogens with zero attached hydrogens (tertiary/aromatic N) is 2. The summed E-state index contributed by atoms with van der Waals surface area (Å²) in [4.78, 5) is 34.1. The van der Waals surface area contributed by atoms with Gasteiger partial charge >= 0.3 is 5.69 Å². The van der Waals surface area contributed by atoms with Gasteiger partial charge in [0.2, 0.25) is 5.91 Å². The molecule has 1 aliphatic rings. The lowest BCUT2D eigenvalue weighted by Gasteiger charge is -2.23. The van der Waals surface area contributed by atoms with Crippen molar-refractivity contribution in [3.8, 4) is 11.8 Å². The fraction of sp³-hybridized carbons (Fsp3) is 0.312. The SMILES string of the molecule is Cn1c(=O)n(C2CCC(=O)NC2)c2ccc(C#CC=O)cc21. The molecule has 112 valence electrons. The van der Waals surface area contributed by atoms with Crippen molar-refractivity contribution in [1.82, 2.24) is 14.5 Å². The lowest BCUT2D eigenvalue weighted by atomic mass is 10.1. The van der Waals surface area contributed by atoms with Gasteiger partial charge in [0, 0.05) is 25.6 Å². The maximum Gasteiger partial charge on any atom is 0.329 e. The second-order valence-corrected chi connectivity index (χ2v) is 5.30. The average molecular weight is 297 g/mol. The van der Waals surface area contributed by atoms with Crippen LogP contribution in [0.15, 0.2) is 23.0 Å². The van der Waals surface area contributed by atoms with E-state index in [2.05, 4.69) is 17.2 Å². The van der Waals surface area contributed by atoms with E-state index in [0.717, 1.165) is 11.0 Å². The van der Waals surface area contributed by atoms with E-state index in [0.29, 0.717) is 31.2 Å². The summed E-state index contributed by atoms with van der Waals surface area (Å²) in [5.41, 5.74) is 2.14. The molecule has 22 heavy (non-hydrogen) atoms. The molecule has 1 fully saturated rings. The van der Waals surface area contributed by atoms with E-state index in [1.165, 1.54) is 0 Å². The molecule has 1 unspecified atom stereocenters. The molecule has 1 N–H and O–H groups in total. The van der Waals surface area contributed by atoms with Crippen LogP contribution in [-0.2, 0) is 16.6 Å². The minimum absolute atomic E-state index is 0.0240. The summed E-state index contributed by atoms with van der Waals surface area (Å²) in [6, 6.07) is 5.38. The molecule has 6 nitrogen and oxygen atoms in total. The van der Waals surface area contributed by atoms with Crippen LogP contribution in [0.2, 0.25) is 0 Å². The zero-order valence-corrected chi connectivity index (χ0v) is 12.1. The van der Waals surface area contributed by atoms with Crippen LogP contribution in [0.1, 0.15) is 24.4 Å². The van der Waals surface area contributed by atoms with E-state index >= 15 is 0 Å². The number of hydrogen-bond donors (Lipinski definition) is 1. The first-order chi connectivity index (χ1) is 10.6. The zero-order chi connectivity index (χ0) is 15.7. The second kappa shape index (κ2) is 5.53. The molecule has 0 bridgehead atoms. The molecule has 1 amide bonds. The van der Waals surface area contributed by atoms with Crippen LogP contribution in [0.5, 0.6) is 0 Å². The largest absolute Gasteiger partial charge is 0.354 e. The predicted octanol–water partition coefficient (Wildman–Crippen LogP) is 0.341. The van der Waals surface area contributed by atoms with E-state index in [1.54, 1.807) is 28.3 Å². The maximum absolute atomic E-state index is 12.5. The van der Waals surface area contributed by atoms with Gasteiger partial charge in [0.15, 0.2) is 6.29 Å². The molecule has 0 aliphatic carbocycles. The topological polar surface area (TPSA) is 73.1 Å². The quantitative estimate of drug-likeness (QED) is 0.609. The molecule has 0 saturated carbocycles. The number of nitrogens with one attached hydrogen (secondary N) is 1. The van der Waals surface area contributed by atoms with Crippen LogP contribution in [0, 0.1) is 11.8 Å². The highest BCUT2D eigenvalue weighted by atomic mass is 16.2. The molecule has 0 spiro atoms. The minimum atomic E-state index is -0.114. The summed E-state index contributed by atoms with van der Waals surface area (Å²) in [6.45, 7) is 0.463. The van der Waals surface area contributed by atoms with Crippen molar-refractivity contribution >= 4 is 23.2 Å². The molecule has 1 atom stereocenters. The van der Waals surface area contributed by atoms with Gasteiger partial charge in [-0.05, 0) is 30.5 Å². The normalized spacial score (nSPS) is 17.7. The fourth-order valence-electron chi connectivity index (χ4n) is 2.85. The van der Waals surface area contributed by atoms with E-state index in [1.807, 2.05) is 6.07 Å². The third-order valence-corrected chi connectivity index (χ3v) is 3.97. The smallest absolute Gasteiger partial charge is 0.329 e. The number of fused-ring (bicyclic) bond motifs is 1. The number of carbonyl (C=O) groups excluding carboxylic acids is 2. The number of aromatic nitrogens is 2. The van der Waals surface area contributed by atoms with E-state index in [9.17, 15) is 14.4 Å². The monoisotopic (exact) mass is 297 g/mol. The van der Waals surface area contributed by atoms with Crippen LogP contribution in [0.4, 0.5) is 0 Å². The van der Waals surface area contributed by atoms with Crippen molar-refractivity contribution in [2.24, 2.45) is 7.05 Å². The minimum Gasteiger partial charge on any atom is -0.354 e. The lowest BCUT2D eigenvalue weighted by Crippen LogP contribution is -2.39. The lowest BCUT2D eigenvalue weighted by molar-refractivity contribution is -0.122. The number of imidazole rings is 1. The molecule has 1 aromatic carbocycles. The predicted molar refractivity (Wildman–Crippen MR) is 81.4 cm³/mol. The summed E-state index contributed by atoms with van der Waals surface area (Å²) < 4.78 is 3.30. The molecule has 1 aromatic heterocycles. The molecule has 3 rings (SSSR count). The van der Waals surface area contributed by atoms with E-state index < -0.39 is 0 Å². The Morgan fingerprint density at radius 3 is 2.82 bits per heavy atom. The van der Waals surface area contributed by atoms with Gasteiger partial charge in [0.05, 0.1) is 17.1 Å². The Labute approximate surface area is 126 Å². The van der Waals surface area contributed by atoms with Gasteiger partial charge in [-0.2, -0.15) is 0 Å². The van der Waals surface area contributed by atoms with Crippen molar-refractivity contribution < 1.29 is 9.59 Å². The number of carbonyl (C=O) groups is 2. The number of benzene rings is 1. The van der Waals surface area contributed by atoms with Crippen LogP contribution >= 0.6 is 0 Å². The standard InChI is InChI=1S/C16H15N3O3/c1-18-14-9-11(3-2-8-20)4-6-13(14)19(16(18)22)12-5-7-15(21)17-10-12/h4,6,8-9,12H,5,7,10H2,1H3,(H,17,21). The molecule has 1 saturated heterocycles.